The van der Waals surface area contributed by atoms with Gasteiger partial charge < -0.3 is 20.8 Å². The van der Waals surface area contributed by atoms with Crippen molar-refractivity contribution in [3.63, 3.8) is 0 Å². The number of hydrogen-bond acceptors (Lipinski definition) is 3. The van der Waals surface area contributed by atoms with Crippen molar-refractivity contribution in [2.24, 2.45) is 0 Å². The number of carbonyl (C=O) groups excluding carboxylic acids is 1. The molecule has 0 saturated carbocycles. The number of nitrogens with one attached hydrogen (secondary N) is 2. The van der Waals surface area contributed by atoms with Crippen LogP contribution in [0.15, 0.2) is 18.2 Å². The molecule has 1 aromatic rings. The molecule has 110 valence electrons. The summed E-state index contributed by atoms with van der Waals surface area (Å²) in [5, 5.41) is 23.7. The third kappa shape index (κ3) is 5.46. The number of carbonyl (C=O) groups is 2. The Kier molecular flexibility index (Phi) is 5.35. The first-order valence-electron chi connectivity index (χ1n) is 5.95. The summed E-state index contributed by atoms with van der Waals surface area (Å²) in [5.74, 6) is -1.14. The predicted molar refractivity (Wildman–Crippen MR) is 76.1 cm³/mol. The molecule has 6 nitrogen and oxygen atoms in total. The van der Waals surface area contributed by atoms with Crippen molar-refractivity contribution in [3.8, 4) is 0 Å². The van der Waals surface area contributed by atoms with Crippen molar-refractivity contribution in [1.29, 1.82) is 0 Å². The number of amides is 2. The molecule has 20 heavy (non-hydrogen) atoms. The Balaban J connectivity index is 2.54. The summed E-state index contributed by atoms with van der Waals surface area (Å²) in [6.45, 7) is 3.02. The Morgan fingerprint density at radius 3 is 2.60 bits per heavy atom. The Labute approximate surface area is 121 Å². The van der Waals surface area contributed by atoms with Crippen LogP contribution in [0.25, 0.3) is 0 Å². The topological polar surface area (TPSA) is 98.7 Å². The van der Waals surface area contributed by atoms with Gasteiger partial charge in [-0.05, 0) is 31.5 Å². The molecule has 0 aliphatic rings. The lowest BCUT2D eigenvalue weighted by atomic mass is 10.0. The van der Waals surface area contributed by atoms with Gasteiger partial charge in [-0.25, -0.2) is 4.79 Å². The molecule has 1 rings (SSSR count). The molecule has 0 spiro atoms. The summed E-state index contributed by atoms with van der Waals surface area (Å²) in [7, 11) is 0. The molecule has 2 amide bonds. The molecule has 0 aromatic heterocycles. The number of aliphatic hydroxyl groups is 1. The first-order valence-corrected chi connectivity index (χ1v) is 6.32. The second-order valence-electron chi connectivity index (χ2n) is 4.86. The molecule has 4 N–H and O–H groups in total. The van der Waals surface area contributed by atoms with E-state index in [1.807, 2.05) is 6.92 Å². The highest BCUT2D eigenvalue weighted by atomic mass is 35.5. The first-order chi connectivity index (χ1) is 9.19. The lowest BCUT2D eigenvalue weighted by molar-refractivity contribution is -0.141. The van der Waals surface area contributed by atoms with Crippen LogP contribution >= 0.6 is 11.6 Å². The number of aliphatic carboxylic acids is 1. The summed E-state index contributed by atoms with van der Waals surface area (Å²) in [6, 6.07) is 4.59. The third-order valence-corrected chi connectivity index (χ3v) is 2.85. The van der Waals surface area contributed by atoms with Gasteiger partial charge in [-0.2, -0.15) is 0 Å². The van der Waals surface area contributed by atoms with Gasteiger partial charge in [0.25, 0.3) is 0 Å². The zero-order valence-corrected chi connectivity index (χ0v) is 12.0. The molecule has 0 saturated heterocycles. The first kappa shape index (κ1) is 16.3. The van der Waals surface area contributed by atoms with Crippen molar-refractivity contribution in [2.75, 3.05) is 11.9 Å². The van der Waals surface area contributed by atoms with Gasteiger partial charge in [0, 0.05) is 6.54 Å². The molecule has 0 aliphatic carbocycles. The summed E-state index contributed by atoms with van der Waals surface area (Å²) in [5.41, 5.74) is -0.113. The normalized spacial score (nSPS) is 13.4. The number of benzene rings is 1. The monoisotopic (exact) mass is 300 g/mol. The van der Waals surface area contributed by atoms with E-state index < -0.39 is 24.0 Å². The van der Waals surface area contributed by atoms with Gasteiger partial charge in [0.1, 0.15) is 0 Å². The molecule has 0 heterocycles. The van der Waals surface area contributed by atoms with Crippen LogP contribution in [-0.2, 0) is 4.79 Å². The maximum atomic E-state index is 11.6. The van der Waals surface area contributed by atoms with E-state index in [9.17, 15) is 14.7 Å². The van der Waals surface area contributed by atoms with E-state index in [0.29, 0.717) is 10.7 Å². The van der Waals surface area contributed by atoms with Gasteiger partial charge in [0.2, 0.25) is 0 Å². The maximum absolute atomic E-state index is 11.6. The van der Waals surface area contributed by atoms with Crippen LogP contribution in [0.2, 0.25) is 5.02 Å². The van der Waals surface area contributed by atoms with Gasteiger partial charge in [-0.1, -0.05) is 17.7 Å². The molecule has 7 heteroatoms. The van der Waals surface area contributed by atoms with Crippen molar-refractivity contribution >= 4 is 29.3 Å². The van der Waals surface area contributed by atoms with Crippen molar-refractivity contribution in [3.05, 3.63) is 28.8 Å². The number of urea groups is 1. The van der Waals surface area contributed by atoms with Crippen LogP contribution in [0.1, 0.15) is 18.9 Å². The van der Waals surface area contributed by atoms with Crippen LogP contribution in [0, 0.1) is 6.92 Å². The van der Waals surface area contributed by atoms with E-state index in [4.69, 9.17) is 16.7 Å². The standard InChI is InChI=1S/C13H17ClN2O4/c1-8-3-4-10(9(14)5-8)16-12(19)15-7-13(2,20)6-11(17)18/h3-5,20H,6-7H2,1-2H3,(H,17,18)(H2,15,16,19). The third-order valence-electron chi connectivity index (χ3n) is 2.53. The minimum absolute atomic E-state index is 0.186. The average molecular weight is 301 g/mol. The summed E-state index contributed by atoms with van der Waals surface area (Å²) >= 11 is 5.96. The van der Waals surface area contributed by atoms with Gasteiger partial charge in [0.15, 0.2) is 0 Å². The Morgan fingerprint density at radius 2 is 2.05 bits per heavy atom. The van der Waals surface area contributed by atoms with Crippen molar-refractivity contribution in [1.82, 2.24) is 5.32 Å². The van der Waals surface area contributed by atoms with E-state index in [-0.39, 0.29) is 6.54 Å². The highest BCUT2D eigenvalue weighted by Gasteiger charge is 2.24. The summed E-state index contributed by atoms with van der Waals surface area (Å²) in [6.07, 6.45) is -0.460. The molecule has 1 atom stereocenters. The lowest BCUT2D eigenvalue weighted by Crippen LogP contribution is -2.43. The van der Waals surface area contributed by atoms with Crippen molar-refractivity contribution < 1.29 is 19.8 Å². The van der Waals surface area contributed by atoms with E-state index >= 15 is 0 Å². The Bertz CT molecular complexity index is 517. The van der Waals surface area contributed by atoms with Crippen LogP contribution < -0.4 is 10.6 Å². The predicted octanol–water partition coefficient (Wildman–Crippen LogP) is 2.00. The van der Waals surface area contributed by atoms with Gasteiger partial charge in [0.05, 0.1) is 22.7 Å². The van der Waals surface area contributed by atoms with E-state index in [1.54, 1.807) is 18.2 Å². The Morgan fingerprint density at radius 1 is 1.40 bits per heavy atom. The fourth-order valence-electron chi connectivity index (χ4n) is 1.55. The van der Waals surface area contributed by atoms with E-state index in [2.05, 4.69) is 10.6 Å². The molecule has 0 fully saturated rings. The zero-order valence-electron chi connectivity index (χ0n) is 11.2. The van der Waals surface area contributed by atoms with Crippen LogP contribution in [-0.4, -0.2) is 34.4 Å². The van der Waals surface area contributed by atoms with Crippen LogP contribution in [0.5, 0.6) is 0 Å². The lowest BCUT2D eigenvalue weighted by Gasteiger charge is -2.21. The number of carboxylic acid groups (broad SMARTS) is 1. The number of hydrogen-bond donors (Lipinski definition) is 4. The average Bonchev–Trinajstić information content (AvgIpc) is 2.29. The maximum Gasteiger partial charge on any atom is 0.319 e. The number of rotatable bonds is 5. The number of carboxylic acids is 1. The fourth-order valence-corrected chi connectivity index (χ4v) is 1.83. The zero-order chi connectivity index (χ0) is 15.3. The molecule has 0 radical (unpaired) electrons. The molecular weight excluding hydrogens is 284 g/mol. The summed E-state index contributed by atoms with van der Waals surface area (Å²) in [4.78, 5) is 22.2. The second-order valence-corrected chi connectivity index (χ2v) is 5.27. The molecule has 0 bridgehead atoms. The second kappa shape index (κ2) is 6.58. The van der Waals surface area contributed by atoms with E-state index in [1.165, 1.54) is 6.92 Å². The number of halogens is 1. The largest absolute Gasteiger partial charge is 0.481 e. The van der Waals surface area contributed by atoms with Crippen LogP contribution in [0.4, 0.5) is 10.5 Å². The Hall–Kier alpha value is -1.79. The quantitative estimate of drug-likeness (QED) is 0.668. The molecular formula is C13H17ClN2O4. The van der Waals surface area contributed by atoms with Crippen molar-refractivity contribution in [2.45, 2.75) is 25.9 Å². The molecule has 1 unspecified atom stereocenters. The van der Waals surface area contributed by atoms with Crippen LogP contribution in [0.3, 0.4) is 0 Å². The SMILES string of the molecule is Cc1ccc(NC(=O)NCC(C)(O)CC(=O)O)c(Cl)c1. The van der Waals surface area contributed by atoms with Gasteiger partial charge in [-0.15, -0.1) is 0 Å². The summed E-state index contributed by atoms with van der Waals surface area (Å²) < 4.78 is 0. The minimum atomic E-state index is -1.51. The molecule has 1 aromatic carbocycles. The smallest absolute Gasteiger partial charge is 0.319 e. The van der Waals surface area contributed by atoms with Gasteiger partial charge >= 0.3 is 12.0 Å². The number of aryl methyl sites for hydroxylation is 1. The van der Waals surface area contributed by atoms with E-state index in [0.717, 1.165) is 5.56 Å². The fraction of sp³-hybridized carbons (Fsp3) is 0.385. The van der Waals surface area contributed by atoms with Gasteiger partial charge in [-0.3, -0.25) is 4.79 Å². The number of anilines is 1. The molecule has 0 aliphatic heterocycles. The minimum Gasteiger partial charge on any atom is -0.481 e. The highest BCUT2D eigenvalue weighted by molar-refractivity contribution is 6.33. The highest BCUT2D eigenvalue weighted by Crippen LogP contribution is 2.22.